The highest BCUT2D eigenvalue weighted by atomic mass is 32.2. The van der Waals surface area contributed by atoms with E-state index in [1.165, 1.54) is 11.8 Å². The number of aromatic nitrogens is 2. The van der Waals surface area contributed by atoms with Gasteiger partial charge in [0.2, 0.25) is 5.91 Å². The van der Waals surface area contributed by atoms with Crippen molar-refractivity contribution < 1.29 is 4.79 Å². The Bertz CT molecular complexity index is 495. The van der Waals surface area contributed by atoms with Gasteiger partial charge in [-0.25, -0.2) is 0 Å². The summed E-state index contributed by atoms with van der Waals surface area (Å²) in [6.45, 7) is 1.89. The molecule has 0 unspecified atom stereocenters. The summed E-state index contributed by atoms with van der Waals surface area (Å²) < 4.78 is 0. The fourth-order valence-corrected chi connectivity index (χ4v) is 2.05. The maximum atomic E-state index is 11.6. The Morgan fingerprint density at radius 2 is 2.18 bits per heavy atom. The van der Waals surface area contributed by atoms with Crippen LogP contribution in [0, 0.1) is 6.92 Å². The number of anilines is 1. The number of aromatic amines is 1. The molecule has 0 aliphatic heterocycles. The molecule has 1 aromatic heterocycles. The average Bonchev–Trinajstić information content (AvgIpc) is 2.73. The topological polar surface area (TPSA) is 57.8 Å². The molecule has 0 aliphatic carbocycles. The summed E-state index contributed by atoms with van der Waals surface area (Å²) in [5, 5.41) is 9.45. The minimum absolute atomic E-state index is 0.0506. The number of carbonyl (C=O) groups excluding carboxylic acids is 1. The zero-order chi connectivity index (χ0) is 12.1. The van der Waals surface area contributed by atoms with Gasteiger partial charge in [0.15, 0.2) is 5.82 Å². The van der Waals surface area contributed by atoms with Gasteiger partial charge in [-0.3, -0.25) is 9.89 Å². The number of aryl methyl sites for hydroxylation is 1. The second-order valence-electron chi connectivity index (χ2n) is 3.59. The number of nitrogens with one attached hydrogen (secondary N) is 2. The third-order valence-corrected chi connectivity index (χ3v) is 3.10. The Labute approximate surface area is 104 Å². The van der Waals surface area contributed by atoms with Crippen LogP contribution in [-0.2, 0) is 4.79 Å². The van der Waals surface area contributed by atoms with Crippen molar-refractivity contribution in [3.63, 3.8) is 0 Å². The zero-order valence-electron chi connectivity index (χ0n) is 9.43. The smallest absolute Gasteiger partial charge is 0.235 e. The molecular formula is C12H13N3OS. The summed E-state index contributed by atoms with van der Waals surface area (Å²) in [7, 11) is 0. The first-order valence-corrected chi connectivity index (χ1v) is 6.22. The molecule has 2 rings (SSSR count). The summed E-state index contributed by atoms with van der Waals surface area (Å²) >= 11 is 1.50. The largest absolute Gasteiger partial charge is 0.308 e. The van der Waals surface area contributed by atoms with Crippen LogP contribution in [0.3, 0.4) is 0 Å². The minimum Gasteiger partial charge on any atom is -0.308 e. The van der Waals surface area contributed by atoms with Gasteiger partial charge in [-0.2, -0.15) is 5.10 Å². The number of thioether (sulfide) groups is 1. The number of hydrogen-bond donors (Lipinski definition) is 2. The molecule has 0 saturated carbocycles. The molecule has 88 valence electrons. The van der Waals surface area contributed by atoms with Gasteiger partial charge >= 0.3 is 0 Å². The normalized spacial score (nSPS) is 10.2. The van der Waals surface area contributed by atoms with Crippen LogP contribution in [0.1, 0.15) is 5.69 Å². The molecule has 17 heavy (non-hydrogen) atoms. The first-order valence-electron chi connectivity index (χ1n) is 5.24. The van der Waals surface area contributed by atoms with Crippen molar-refractivity contribution in [1.82, 2.24) is 10.2 Å². The molecule has 0 atom stereocenters. The molecule has 0 saturated heterocycles. The van der Waals surface area contributed by atoms with Gasteiger partial charge in [0.25, 0.3) is 0 Å². The Kier molecular flexibility index (Phi) is 3.82. The van der Waals surface area contributed by atoms with Crippen LogP contribution in [0.15, 0.2) is 41.3 Å². The maximum absolute atomic E-state index is 11.6. The van der Waals surface area contributed by atoms with Crippen LogP contribution in [0.5, 0.6) is 0 Å². The predicted molar refractivity (Wildman–Crippen MR) is 69.1 cm³/mol. The highest BCUT2D eigenvalue weighted by Crippen LogP contribution is 2.17. The summed E-state index contributed by atoms with van der Waals surface area (Å²) in [5.74, 6) is 0.905. The van der Waals surface area contributed by atoms with Crippen molar-refractivity contribution >= 4 is 23.5 Å². The van der Waals surface area contributed by atoms with E-state index < -0.39 is 0 Å². The summed E-state index contributed by atoms with van der Waals surface area (Å²) in [4.78, 5) is 12.7. The van der Waals surface area contributed by atoms with Crippen molar-refractivity contribution in [2.45, 2.75) is 11.8 Å². The number of benzene rings is 1. The van der Waals surface area contributed by atoms with Gasteiger partial charge in [-0.1, -0.05) is 18.2 Å². The molecule has 2 N–H and O–H groups in total. The van der Waals surface area contributed by atoms with Gasteiger partial charge in [0.1, 0.15) is 0 Å². The van der Waals surface area contributed by atoms with Crippen molar-refractivity contribution in [2.24, 2.45) is 0 Å². The van der Waals surface area contributed by atoms with E-state index in [0.717, 1.165) is 10.6 Å². The third-order valence-electron chi connectivity index (χ3n) is 2.09. The lowest BCUT2D eigenvalue weighted by molar-refractivity contribution is -0.113. The molecule has 2 aromatic rings. The number of H-pyrrole nitrogens is 1. The molecule has 0 fully saturated rings. The van der Waals surface area contributed by atoms with Gasteiger partial charge in [-0.15, -0.1) is 11.8 Å². The van der Waals surface area contributed by atoms with Crippen LogP contribution in [0.4, 0.5) is 5.82 Å². The van der Waals surface area contributed by atoms with E-state index in [1.807, 2.05) is 37.3 Å². The van der Waals surface area contributed by atoms with E-state index in [1.54, 1.807) is 6.07 Å². The average molecular weight is 247 g/mol. The van der Waals surface area contributed by atoms with Crippen molar-refractivity contribution in [2.75, 3.05) is 11.1 Å². The maximum Gasteiger partial charge on any atom is 0.235 e. The summed E-state index contributed by atoms with van der Waals surface area (Å²) in [6, 6.07) is 11.6. The Morgan fingerprint density at radius 1 is 1.41 bits per heavy atom. The summed E-state index contributed by atoms with van der Waals surface area (Å²) in [5.41, 5.74) is 0.927. The minimum atomic E-state index is -0.0506. The van der Waals surface area contributed by atoms with E-state index in [2.05, 4.69) is 15.5 Å². The van der Waals surface area contributed by atoms with Crippen LogP contribution in [-0.4, -0.2) is 21.9 Å². The van der Waals surface area contributed by atoms with Crippen LogP contribution < -0.4 is 5.32 Å². The predicted octanol–water partition coefficient (Wildman–Crippen LogP) is 2.45. The quantitative estimate of drug-likeness (QED) is 0.816. The third kappa shape index (κ3) is 3.64. The van der Waals surface area contributed by atoms with Crippen LogP contribution >= 0.6 is 11.8 Å². The first kappa shape index (κ1) is 11.7. The van der Waals surface area contributed by atoms with E-state index >= 15 is 0 Å². The molecule has 5 heteroatoms. The molecular weight excluding hydrogens is 234 g/mol. The highest BCUT2D eigenvalue weighted by molar-refractivity contribution is 8.00. The molecule has 0 radical (unpaired) electrons. The molecule has 1 heterocycles. The SMILES string of the molecule is Cc1cc(NC(=O)CSc2ccccc2)n[nH]1. The number of rotatable bonds is 4. The first-order chi connectivity index (χ1) is 8.24. The van der Waals surface area contributed by atoms with Gasteiger partial charge < -0.3 is 5.32 Å². The monoisotopic (exact) mass is 247 g/mol. The lowest BCUT2D eigenvalue weighted by Gasteiger charge is -2.01. The van der Waals surface area contributed by atoms with Gasteiger partial charge in [-0.05, 0) is 19.1 Å². The summed E-state index contributed by atoms with van der Waals surface area (Å²) in [6.07, 6.45) is 0. The van der Waals surface area contributed by atoms with Gasteiger partial charge in [0, 0.05) is 16.7 Å². The lowest BCUT2D eigenvalue weighted by atomic mass is 10.4. The number of hydrogen-bond acceptors (Lipinski definition) is 3. The van der Waals surface area contributed by atoms with Crippen molar-refractivity contribution in [1.29, 1.82) is 0 Å². The number of amides is 1. The second-order valence-corrected chi connectivity index (χ2v) is 4.63. The number of carbonyl (C=O) groups is 1. The van der Waals surface area contributed by atoms with Crippen LogP contribution in [0.2, 0.25) is 0 Å². The molecule has 4 nitrogen and oxygen atoms in total. The van der Waals surface area contributed by atoms with E-state index in [0.29, 0.717) is 11.6 Å². The molecule has 1 amide bonds. The Hall–Kier alpha value is -1.75. The molecule has 0 aliphatic rings. The standard InChI is InChI=1S/C12H13N3OS/c1-9-7-11(15-14-9)13-12(16)8-17-10-5-3-2-4-6-10/h2-7H,8H2,1H3,(H2,13,14,15,16). The van der Waals surface area contributed by atoms with Crippen LogP contribution in [0.25, 0.3) is 0 Å². The zero-order valence-corrected chi connectivity index (χ0v) is 10.3. The molecule has 0 bridgehead atoms. The fraction of sp³-hybridized carbons (Fsp3) is 0.167. The second kappa shape index (κ2) is 5.54. The molecule has 0 spiro atoms. The highest BCUT2D eigenvalue weighted by Gasteiger charge is 2.05. The lowest BCUT2D eigenvalue weighted by Crippen LogP contribution is -2.14. The Balaban J connectivity index is 1.82. The Morgan fingerprint density at radius 3 is 2.82 bits per heavy atom. The van der Waals surface area contributed by atoms with E-state index in [4.69, 9.17) is 0 Å². The van der Waals surface area contributed by atoms with Crippen molar-refractivity contribution in [3.8, 4) is 0 Å². The number of nitrogens with zero attached hydrogens (tertiary/aromatic N) is 1. The van der Waals surface area contributed by atoms with E-state index in [-0.39, 0.29) is 5.91 Å². The van der Waals surface area contributed by atoms with Crippen molar-refractivity contribution in [3.05, 3.63) is 42.1 Å². The fourth-order valence-electron chi connectivity index (χ4n) is 1.33. The van der Waals surface area contributed by atoms with E-state index in [9.17, 15) is 4.79 Å². The van der Waals surface area contributed by atoms with Gasteiger partial charge in [0.05, 0.1) is 5.75 Å². The molecule has 1 aromatic carbocycles.